The number of nitrogens with zero attached hydrogens (tertiary/aromatic N) is 3. The first-order valence-corrected chi connectivity index (χ1v) is 12.8. The molecule has 1 N–H and O–H groups in total. The van der Waals surface area contributed by atoms with Crippen LogP contribution in [0.1, 0.15) is 24.2 Å². The van der Waals surface area contributed by atoms with E-state index in [0.717, 1.165) is 37.6 Å². The molecule has 4 rings (SSSR count). The molecule has 0 radical (unpaired) electrons. The minimum absolute atomic E-state index is 0.115. The molecule has 178 valence electrons. The zero-order valence-corrected chi connectivity index (χ0v) is 20.2. The summed E-state index contributed by atoms with van der Waals surface area (Å²) in [6.45, 7) is 7.99. The summed E-state index contributed by atoms with van der Waals surface area (Å²) in [6.07, 6.45) is -0.359. The van der Waals surface area contributed by atoms with E-state index in [0.29, 0.717) is 18.7 Å². The summed E-state index contributed by atoms with van der Waals surface area (Å²) in [7, 11) is -1.63. The number of carbonyl (C=O) groups is 1. The fourth-order valence-corrected chi connectivity index (χ4v) is 6.01. The molecule has 2 atom stereocenters. The summed E-state index contributed by atoms with van der Waals surface area (Å²) in [4.78, 5) is 17.7. The predicted molar refractivity (Wildman–Crippen MR) is 129 cm³/mol. The van der Waals surface area contributed by atoms with E-state index in [2.05, 4.69) is 22.2 Å². The Morgan fingerprint density at radius 2 is 1.64 bits per heavy atom. The van der Waals surface area contributed by atoms with Gasteiger partial charge in [-0.05, 0) is 51.2 Å². The molecule has 2 aromatic carbocycles. The average molecular weight is 473 g/mol. The van der Waals surface area contributed by atoms with Gasteiger partial charge in [-0.2, -0.15) is 4.31 Å². The van der Waals surface area contributed by atoms with Crippen LogP contribution < -0.4 is 10.2 Å². The van der Waals surface area contributed by atoms with Crippen LogP contribution >= 0.6 is 0 Å². The van der Waals surface area contributed by atoms with Crippen LogP contribution in [0.2, 0.25) is 0 Å². The molecule has 2 aliphatic heterocycles. The summed E-state index contributed by atoms with van der Waals surface area (Å²) in [6, 6.07) is 14.0. The molecule has 0 bridgehead atoms. The molecule has 2 saturated heterocycles. The van der Waals surface area contributed by atoms with E-state index in [1.807, 2.05) is 38.1 Å². The van der Waals surface area contributed by atoms with Crippen molar-refractivity contribution in [2.75, 3.05) is 56.5 Å². The van der Waals surface area contributed by atoms with Gasteiger partial charge in [-0.1, -0.05) is 18.2 Å². The van der Waals surface area contributed by atoms with Gasteiger partial charge in [0, 0.05) is 44.8 Å². The summed E-state index contributed by atoms with van der Waals surface area (Å²) < 4.78 is 33.6. The van der Waals surface area contributed by atoms with Gasteiger partial charge in [0.15, 0.2) is 0 Å². The lowest BCUT2D eigenvalue weighted by molar-refractivity contribution is -0.0440. The van der Waals surface area contributed by atoms with Gasteiger partial charge in [0.1, 0.15) is 0 Å². The number of benzene rings is 2. The molecule has 33 heavy (non-hydrogen) atoms. The first-order valence-electron chi connectivity index (χ1n) is 11.3. The van der Waals surface area contributed by atoms with Crippen molar-refractivity contribution < 1.29 is 17.9 Å². The number of amides is 1. The fraction of sp³-hybridized carbons (Fsp3) is 0.458. The topological polar surface area (TPSA) is 82.2 Å². The third-order valence-corrected chi connectivity index (χ3v) is 7.94. The van der Waals surface area contributed by atoms with Crippen LogP contribution in [0.25, 0.3) is 0 Å². The van der Waals surface area contributed by atoms with Crippen LogP contribution in [-0.2, 0) is 14.8 Å². The lowest BCUT2D eigenvalue weighted by atomic mass is 10.2. The van der Waals surface area contributed by atoms with Crippen molar-refractivity contribution in [3.8, 4) is 0 Å². The molecule has 8 nitrogen and oxygen atoms in total. The Kier molecular flexibility index (Phi) is 7.04. The average Bonchev–Trinajstić information content (AvgIpc) is 2.79. The molecule has 2 aromatic rings. The van der Waals surface area contributed by atoms with Crippen molar-refractivity contribution in [3.63, 3.8) is 0 Å². The number of anilines is 2. The van der Waals surface area contributed by atoms with E-state index < -0.39 is 10.0 Å². The molecule has 2 unspecified atom stereocenters. The highest BCUT2D eigenvalue weighted by Crippen LogP contribution is 2.28. The Morgan fingerprint density at radius 1 is 0.970 bits per heavy atom. The molecule has 9 heteroatoms. The van der Waals surface area contributed by atoms with Crippen LogP contribution in [0, 0.1) is 0 Å². The Labute approximate surface area is 196 Å². The highest BCUT2D eigenvalue weighted by atomic mass is 32.2. The maximum Gasteiger partial charge on any atom is 0.255 e. The van der Waals surface area contributed by atoms with Crippen molar-refractivity contribution in [2.45, 2.75) is 31.0 Å². The molecule has 0 saturated carbocycles. The zero-order chi connectivity index (χ0) is 23.6. The maximum absolute atomic E-state index is 13.2. The van der Waals surface area contributed by atoms with E-state index in [1.165, 1.54) is 16.4 Å². The summed E-state index contributed by atoms with van der Waals surface area (Å²) in [5.41, 5.74) is 1.99. The molecule has 2 aliphatic rings. The molecular weight excluding hydrogens is 440 g/mol. The molecular formula is C24H32N4O4S. The number of rotatable bonds is 5. The number of sulfonamides is 1. The Balaban J connectivity index is 1.53. The second kappa shape index (κ2) is 9.80. The first-order chi connectivity index (χ1) is 15.7. The Morgan fingerprint density at radius 3 is 2.33 bits per heavy atom. The number of para-hydroxylation sites is 2. The number of piperazine rings is 1. The highest BCUT2D eigenvalue weighted by molar-refractivity contribution is 7.89. The van der Waals surface area contributed by atoms with Crippen molar-refractivity contribution in [1.29, 1.82) is 0 Å². The van der Waals surface area contributed by atoms with Gasteiger partial charge >= 0.3 is 0 Å². The minimum atomic E-state index is -3.73. The first kappa shape index (κ1) is 23.7. The summed E-state index contributed by atoms with van der Waals surface area (Å²) in [5.74, 6) is -0.336. The van der Waals surface area contributed by atoms with E-state index in [-0.39, 0.29) is 23.0 Å². The third kappa shape index (κ3) is 5.38. The van der Waals surface area contributed by atoms with Crippen LogP contribution in [0.5, 0.6) is 0 Å². The maximum atomic E-state index is 13.2. The van der Waals surface area contributed by atoms with Gasteiger partial charge in [-0.15, -0.1) is 0 Å². The number of ether oxygens (including phenoxy) is 1. The van der Waals surface area contributed by atoms with E-state index in [9.17, 15) is 13.2 Å². The van der Waals surface area contributed by atoms with Crippen molar-refractivity contribution >= 4 is 27.3 Å². The largest absolute Gasteiger partial charge is 0.373 e. The fourth-order valence-electron chi connectivity index (χ4n) is 4.37. The lowest BCUT2D eigenvalue weighted by Crippen LogP contribution is -2.48. The van der Waals surface area contributed by atoms with Gasteiger partial charge in [-0.25, -0.2) is 8.42 Å². The molecule has 2 heterocycles. The lowest BCUT2D eigenvalue weighted by Gasteiger charge is -2.35. The van der Waals surface area contributed by atoms with Crippen molar-refractivity contribution in [3.05, 3.63) is 54.1 Å². The Bertz CT molecular complexity index is 1090. The van der Waals surface area contributed by atoms with Crippen LogP contribution in [0.3, 0.4) is 0 Å². The number of carbonyl (C=O) groups excluding carboxylic acids is 1. The Hall–Kier alpha value is -2.46. The number of morpholine rings is 1. The normalized spacial score (nSPS) is 22.8. The zero-order valence-electron chi connectivity index (χ0n) is 19.4. The standard InChI is InChI=1S/C24H32N4O4S/c1-18-16-28(17-19(2)32-18)33(30,31)21-8-6-7-20(15-21)24(29)25-22-9-4-5-10-23(22)27-13-11-26(3)12-14-27/h4-10,15,18-19H,11-14,16-17H2,1-3H3,(H,25,29). The van der Waals surface area contributed by atoms with E-state index in [4.69, 9.17) is 4.74 Å². The number of hydrogen-bond acceptors (Lipinski definition) is 6. The second-order valence-corrected chi connectivity index (χ2v) is 10.8. The minimum Gasteiger partial charge on any atom is -0.373 e. The third-order valence-electron chi connectivity index (χ3n) is 6.12. The van der Waals surface area contributed by atoms with Crippen LogP contribution in [-0.4, -0.2) is 82.1 Å². The number of likely N-dealkylation sites (N-methyl/N-ethyl adjacent to an activating group) is 1. The quantitative estimate of drug-likeness (QED) is 0.720. The SMILES string of the molecule is CC1CN(S(=O)(=O)c2cccc(C(=O)Nc3ccccc3N3CCN(C)CC3)c2)CC(C)O1. The molecule has 0 aliphatic carbocycles. The summed E-state index contributed by atoms with van der Waals surface area (Å²) in [5, 5.41) is 2.99. The van der Waals surface area contributed by atoms with Crippen LogP contribution in [0.15, 0.2) is 53.4 Å². The highest BCUT2D eigenvalue weighted by Gasteiger charge is 2.32. The molecule has 2 fully saturated rings. The van der Waals surface area contributed by atoms with Gasteiger partial charge in [0.05, 0.1) is 28.5 Å². The van der Waals surface area contributed by atoms with E-state index >= 15 is 0 Å². The predicted octanol–water partition coefficient (Wildman–Crippen LogP) is 2.49. The van der Waals surface area contributed by atoms with Gasteiger partial charge in [0.2, 0.25) is 10.0 Å². The van der Waals surface area contributed by atoms with Crippen LogP contribution in [0.4, 0.5) is 11.4 Å². The van der Waals surface area contributed by atoms with E-state index in [1.54, 1.807) is 12.1 Å². The molecule has 1 amide bonds. The molecule has 0 spiro atoms. The van der Waals surface area contributed by atoms with Crippen molar-refractivity contribution in [1.82, 2.24) is 9.21 Å². The summed E-state index contributed by atoms with van der Waals surface area (Å²) >= 11 is 0. The smallest absolute Gasteiger partial charge is 0.255 e. The van der Waals surface area contributed by atoms with Gasteiger partial charge in [-0.3, -0.25) is 4.79 Å². The number of nitrogens with one attached hydrogen (secondary N) is 1. The van der Waals surface area contributed by atoms with Gasteiger partial charge < -0.3 is 19.9 Å². The van der Waals surface area contributed by atoms with Crippen molar-refractivity contribution in [2.24, 2.45) is 0 Å². The number of hydrogen-bond donors (Lipinski definition) is 1. The van der Waals surface area contributed by atoms with Gasteiger partial charge in [0.25, 0.3) is 5.91 Å². The molecule has 0 aromatic heterocycles. The second-order valence-electron chi connectivity index (χ2n) is 8.87. The monoisotopic (exact) mass is 472 g/mol.